The SMILES string of the molecule is O=[N+]([O-])c1cc(Cl)cnc1N(CCO)Cc1cccc(Cl)c1. The van der Waals surface area contributed by atoms with Crippen molar-refractivity contribution in [2.45, 2.75) is 6.54 Å². The molecule has 0 aliphatic carbocycles. The molecule has 8 heteroatoms. The normalized spacial score (nSPS) is 10.5. The molecule has 0 fully saturated rings. The van der Waals surface area contributed by atoms with Gasteiger partial charge in [0.1, 0.15) is 0 Å². The van der Waals surface area contributed by atoms with Crippen molar-refractivity contribution < 1.29 is 10.0 Å². The van der Waals surface area contributed by atoms with Crippen molar-refractivity contribution in [1.82, 2.24) is 4.98 Å². The molecule has 0 unspecified atom stereocenters. The Bertz CT molecular complexity index is 682. The quantitative estimate of drug-likeness (QED) is 0.644. The van der Waals surface area contributed by atoms with E-state index in [0.29, 0.717) is 11.6 Å². The number of anilines is 1. The van der Waals surface area contributed by atoms with E-state index in [4.69, 9.17) is 23.2 Å². The molecule has 0 spiro atoms. The van der Waals surface area contributed by atoms with Crippen molar-refractivity contribution in [2.24, 2.45) is 0 Å². The van der Waals surface area contributed by atoms with Crippen molar-refractivity contribution in [1.29, 1.82) is 0 Å². The fourth-order valence-electron chi connectivity index (χ4n) is 2.04. The molecule has 0 bridgehead atoms. The maximum absolute atomic E-state index is 11.2. The van der Waals surface area contributed by atoms with E-state index in [-0.39, 0.29) is 29.7 Å². The number of aliphatic hydroxyl groups excluding tert-OH is 1. The van der Waals surface area contributed by atoms with Crippen LogP contribution < -0.4 is 4.90 Å². The van der Waals surface area contributed by atoms with E-state index in [2.05, 4.69) is 4.98 Å². The first kappa shape index (κ1) is 16.5. The van der Waals surface area contributed by atoms with Gasteiger partial charge in [-0.1, -0.05) is 35.3 Å². The maximum atomic E-state index is 11.2. The molecular formula is C14H13Cl2N3O3. The fourth-order valence-corrected chi connectivity index (χ4v) is 2.40. The summed E-state index contributed by atoms with van der Waals surface area (Å²) in [5.41, 5.74) is 0.648. The minimum atomic E-state index is -0.545. The molecular weight excluding hydrogens is 329 g/mol. The summed E-state index contributed by atoms with van der Waals surface area (Å²) in [6.07, 6.45) is 1.34. The van der Waals surface area contributed by atoms with E-state index in [1.807, 2.05) is 6.07 Å². The molecule has 116 valence electrons. The molecule has 0 saturated carbocycles. The number of hydrogen-bond acceptors (Lipinski definition) is 5. The largest absolute Gasteiger partial charge is 0.395 e. The smallest absolute Gasteiger partial charge is 0.313 e. The van der Waals surface area contributed by atoms with Gasteiger partial charge in [0, 0.05) is 30.4 Å². The summed E-state index contributed by atoms with van der Waals surface area (Å²) in [5, 5.41) is 21.2. The lowest BCUT2D eigenvalue weighted by Crippen LogP contribution is -2.27. The summed E-state index contributed by atoms with van der Waals surface area (Å²) < 4.78 is 0. The Labute approximate surface area is 137 Å². The first-order valence-corrected chi connectivity index (χ1v) is 7.17. The van der Waals surface area contributed by atoms with E-state index in [1.54, 1.807) is 23.1 Å². The molecule has 2 aromatic rings. The highest BCUT2D eigenvalue weighted by Gasteiger charge is 2.22. The molecule has 0 saturated heterocycles. The van der Waals surface area contributed by atoms with Crippen molar-refractivity contribution in [3.8, 4) is 0 Å². The monoisotopic (exact) mass is 341 g/mol. The molecule has 0 aliphatic heterocycles. The van der Waals surface area contributed by atoms with E-state index < -0.39 is 4.92 Å². The average molecular weight is 342 g/mol. The molecule has 1 heterocycles. The molecule has 6 nitrogen and oxygen atoms in total. The van der Waals surface area contributed by atoms with E-state index in [1.165, 1.54) is 12.3 Å². The van der Waals surface area contributed by atoms with Crippen LogP contribution in [0.5, 0.6) is 0 Å². The van der Waals surface area contributed by atoms with Crippen LogP contribution in [0.25, 0.3) is 0 Å². The molecule has 0 aliphatic rings. The fraction of sp³-hybridized carbons (Fsp3) is 0.214. The number of hydrogen-bond donors (Lipinski definition) is 1. The van der Waals surface area contributed by atoms with Gasteiger partial charge in [0.25, 0.3) is 0 Å². The summed E-state index contributed by atoms with van der Waals surface area (Å²) >= 11 is 11.7. The van der Waals surface area contributed by atoms with Gasteiger partial charge in [-0.2, -0.15) is 0 Å². The number of nitro groups is 1. The van der Waals surface area contributed by atoms with E-state index >= 15 is 0 Å². The summed E-state index contributed by atoms with van der Waals surface area (Å²) in [6, 6.07) is 8.38. The van der Waals surface area contributed by atoms with E-state index in [0.717, 1.165) is 5.56 Å². The topological polar surface area (TPSA) is 79.5 Å². The van der Waals surface area contributed by atoms with Gasteiger partial charge in [-0.3, -0.25) is 10.1 Å². The number of benzene rings is 1. The lowest BCUT2D eigenvalue weighted by atomic mass is 10.2. The zero-order valence-electron chi connectivity index (χ0n) is 11.4. The van der Waals surface area contributed by atoms with Gasteiger partial charge in [0.05, 0.1) is 16.6 Å². The van der Waals surface area contributed by atoms with Gasteiger partial charge >= 0.3 is 5.69 Å². The Morgan fingerprint density at radius 1 is 1.27 bits per heavy atom. The molecule has 0 atom stereocenters. The Balaban J connectivity index is 2.37. The minimum absolute atomic E-state index is 0.156. The third kappa shape index (κ3) is 4.07. The van der Waals surface area contributed by atoms with Gasteiger partial charge in [-0.25, -0.2) is 4.98 Å². The van der Waals surface area contributed by atoms with Crippen molar-refractivity contribution >= 4 is 34.7 Å². The molecule has 22 heavy (non-hydrogen) atoms. The van der Waals surface area contributed by atoms with Crippen LogP contribution in [-0.4, -0.2) is 28.2 Å². The Morgan fingerprint density at radius 2 is 2.05 bits per heavy atom. The highest BCUT2D eigenvalue weighted by Crippen LogP contribution is 2.29. The second kappa shape index (κ2) is 7.40. The molecule has 1 N–H and O–H groups in total. The van der Waals surface area contributed by atoms with Crippen LogP contribution in [0.2, 0.25) is 10.0 Å². The molecule has 1 aromatic heterocycles. The third-order valence-electron chi connectivity index (χ3n) is 2.94. The van der Waals surface area contributed by atoms with Crippen molar-refractivity contribution in [2.75, 3.05) is 18.1 Å². The number of nitrogens with zero attached hydrogens (tertiary/aromatic N) is 3. The minimum Gasteiger partial charge on any atom is -0.395 e. The second-order valence-electron chi connectivity index (χ2n) is 4.53. The zero-order valence-corrected chi connectivity index (χ0v) is 13.0. The highest BCUT2D eigenvalue weighted by atomic mass is 35.5. The predicted molar refractivity (Wildman–Crippen MR) is 85.5 cm³/mol. The number of aromatic nitrogens is 1. The third-order valence-corrected chi connectivity index (χ3v) is 3.38. The van der Waals surface area contributed by atoms with Gasteiger partial charge in [-0.05, 0) is 17.7 Å². The second-order valence-corrected chi connectivity index (χ2v) is 5.40. The number of rotatable bonds is 6. The van der Waals surface area contributed by atoms with Crippen LogP contribution in [0, 0.1) is 10.1 Å². The summed E-state index contributed by atoms with van der Waals surface area (Å²) in [6.45, 7) is 0.362. The highest BCUT2D eigenvalue weighted by molar-refractivity contribution is 6.31. The lowest BCUT2D eigenvalue weighted by Gasteiger charge is -2.22. The zero-order chi connectivity index (χ0) is 16.1. The number of halogens is 2. The maximum Gasteiger partial charge on any atom is 0.313 e. The number of pyridine rings is 1. The van der Waals surface area contributed by atoms with Gasteiger partial charge in [-0.15, -0.1) is 0 Å². The van der Waals surface area contributed by atoms with Crippen LogP contribution in [-0.2, 0) is 6.54 Å². The van der Waals surface area contributed by atoms with Crippen LogP contribution in [0.3, 0.4) is 0 Å². The molecule has 2 rings (SSSR count). The van der Waals surface area contributed by atoms with Gasteiger partial charge in [0.15, 0.2) is 0 Å². The van der Waals surface area contributed by atoms with Crippen LogP contribution in [0.15, 0.2) is 36.5 Å². The van der Waals surface area contributed by atoms with Crippen LogP contribution >= 0.6 is 23.2 Å². The summed E-state index contributed by atoms with van der Waals surface area (Å²) in [4.78, 5) is 16.3. The predicted octanol–water partition coefficient (Wildman–Crippen LogP) is 3.30. The summed E-state index contributed by atoms with van der Waals surface area (Å²) in [5.74, 6) is 0.156. The van der Waals surface area contributed by atoms with E-state index in [9.17, 15) is 15.2 Å². The Morgan fingerprint density at radius 3 is 2.68 bits per heavy atom. The Hall–Kier alpha value is -1.89. The lowest BCUT2D eigenvalue weighted by molar-refractivity contribution is -0.384. The van der Waals surface area contributed by atoms with Crippen molar-refractivity contribution in [3.63, 3.8) is 0 Å². The van der Waals surface area contributed by atoms with Gasteiger partial charge < -0.3 is 10.0 Å². The standard InChI is InChI=1S/C14H13Cl2N3O3/c15-11-3-1-2-10(6-11)9-18(4-5-20)14-13(19(21)22)7-12(16)8-17-14/h1-3,6-8,20H,4-5,9H2. The number of aliphatic hydroxyl groups is 1. The van der Waals surface area contributed by atoms with Crippen LogP contribution in [0.1, 0.15) is 5.56 Å². The first-order valence-electron chi connectivity index (χ1n) is 6.41. The Kier molecular flexibility index (Phi) is 5.54. The molecule has 0 amide bonds. The average Bonchev–Trinajstić information content (AvgIpc) is 2.47. The molecule has 0 radical (unpaired) electrons. The summed E-state index contributed by atoms with van der Waals surface area (Å²) in [7, 11) is 0. The van der Waals surface area contributed by atoms with Crippen LogP contribution in [0.4, 0.5) is 11.5 Å². The van der Waals surface area contributed by atoms with Gasteiger partial charge in [0.2, 0.25) is 5.82 Å². The first-order chi connectivity index (χ1) is 10.5. The molecule has 1 aromatic carbocycles. The van der Waals surface area contributed by atoms with Crippen molar-refractivity contribution in [3.05, 3.63) is 62.3 Å².